The predicted octanol–water partition coefficient (Wildman–Crippen LogP) is 1.43. The second-order valence-corrected chi connectivity index (χ2v) is 5.26. The van der Waals surface area contributed by atoms with E-state index in [9.17, 15) is 0 Å². The highest BCUT2D eigenvalue weighted by Gasteiger charge is 2.25. The monoisotopic (exact) mass is 261 g/mol. The molecule has 0 bridgehead atoms. The number of aromatic nitrogens is 4. The van der Waals surface area contributed by atoms with Crippen molar-refractivity contribution in [2.45, 2.75) is 44.6 Å². The van der Waals surface area contributed by atoms with Crippen LogP contribution in [0, 0.1) is 6.92 Å². The quantitative estimate of drug-likeness (QED) is 0.884. The van der Waals surface area contributed by atoms with Crippen LogP contribution in [0.15, 0.2) is 6.07 Å². The Labute approximate surface area is 112 Å². The molecule has 1 saturated carbocycles. The average Bonchev–Trinajstić information content (AvgIpc) is 2.83. The number of aryl methyl sites for hydroxylation is 1. The fourth-order valence-electron chi connectivity index (χ4n) is 2.90. The second-order valence-electron chi connectivity index (χ2n) is 5.26. The Morgan fingerprint density at radius 1 is 1.37 bits per heavy atom. The number of nitrogens with zero attached hydrogens (tertiary/aromatic N) is 4. The molecule has 1 aliphatic rings. The van der Waals surface area contributed by atoms with E-state index in [2.05, 4.69) is 15.2 Å². The molecule has 2 atom stereocenters. The van der Waals surface area contributed by atoms with E-state index in [1.54, 1.807) is 7.11 Å². The maximum absolute atomic E-state index is 6.07. The van der Waals surface area contributed by atoms with E-state index in [0.717, 1.165) is 37.2 Å². The summed E-state index contributed by atoms with van der Waals surface area (Å²) in [4.78, 5) is 4.32. The first-order chi connectivity index (χ1) is 9.19. The van der Waals surface area contributed by atoms with E-state index in [4.69, 9.17) is 10.5 Å². The Bertz CT molecular complexity index is 594. The molecule has 0 aliphatic heterocycles. The number of nitrogens with two attached hydrogens (primary N) is 1. The molecule has 0 amide bonds. The highest BCUT2D eigenvalue weighted by atomic mass is 16.5. The number of ether oxygens (including phenoxy) is 1. The minimum absolute atomic E-state index is 0.276. The van der Waals surface area contributed by atoms with Gasteiger partial charge in [0, 0.05) is 23.7 Å². The molecule has 0 radical (unpaired) electrons. The normalized spacial score (nSPS) is 23.7. The van der Waals surface area contributed by atoms with E-state index >= 15 is 0 Å². The van der Waals surface area contributed by atoms with E-state index in [-0.39, 0.29) is 6.04 Å². The van der Waals surface area contributed by atoms with Crippen molar-refractivity contribution in [1.82, 2.24) is 19.6 Å². The lowest BCUT2D eigenvalue weighted by atomic mass is 9.85. The molecule has 0 unspecified atom stereocenters. The highest BCUT2D eigenvalue weighted by Crippen LogP contribution is 2.31. The van der Waals surface area contributed by atoms with Crippen LogP contribution in [0.1, 0.15) is 43.1 Å². The minimum Gasteiger partial charge on any atom is -0.481 e. The number of fused-ring (bicyclic) bond motifs is 1. The van der Waals surface area contributed by atoms with Crippen LogP contribution in [-0.2, 0) is 0 Å². The molecule has 2 aromatic heterocycles. The zero-order chi connectivity index (χ0) is 13.4. The van der Waals surface area contributed by atoms with Crippen LogP contribution in [0.3, 0.4) is 0 Å². The zero-order valence-corrected chi connectivity index (χ0v) is 11.3. The van der Waals surface area contributed by atoms with Gasteiger partial charge in [0.15, 0.2) is 0 Å². The first-order valence-electron chi connectivity index (χ1n) is 6.71. The van der Waals surface area contributed by atoms with Crippen molar-refractivity contribution in [2.24, 2.45) is 5.73 Å². The van der Waals surface area contributed by atoms with Gasteiger partial charge >= 0.3 is 0 Å². The van der Waals surface area contributed by atoms with Crippen LogP contribution < -0.4 is 10.5 Å². The Hall–Kier alpha value is -1.69. The van der Waals surface area contributed by atoms with Crippen LogP contribution in [0.2, 0.25) is 0 Å². The molecule has 3 rings (SSSR count). The first-order valence-corrected chi connectivity index (χ1v) is 6.71. The van der Waals surface area contributed by atoms with Gasteiger partial charge in [0.25, 0.3) is 5.78 Å². The fraction of sp³-hybridized carbons (Fsp3) is 0.615. The Kier molecular flexibility index (Phi) is 3.10. The molecule has 0 saturated heterocycles. The van der Waals surface area contributed by atoms with Gasteiger partial charge in [0.05, 0.1) is 7.11 Å². The smallest absolute Gasteiger partial charge is 0.258 e. The summed E-state index contributed by atoms with van der Waals surface area (Å²) in [5.74, 6) is 2.54. The van der Waals surface area contributed by atoms with E-state index in [1.165, 1.54) is 0 Å². The molecule has 2 heterocycles. The molecule has 0 aromatic carbocycles. The molecule has 6 nitrogen and oxygen atoms in total. The van der Waals surface area contributed by atoms with E-state index in [0.29, 0.717) is 17.6 Å². The van der Waals surface area contributed by atoms with Gasteiger partial charge in [-0.1, -0.05) is 6.42 Å². The van der Waals surface area contributed by atoms with Crippen LogP contribution in [0.25, 0.3) is 5.78 Å². The molecular weight excluding hydrogens is 242 g/mol. The summed E-state index contributed by atoms with van der Waals surface area (Å²) in [6.07, 6.45) is 4.37. The fourth-order valence-corrected chi connectivity index (χ4v) is 2.90. The van der Waals surface area contributed by atoms with Gasteiger partial charge < -0.3 is 10.5 Å². The Morgan fingerprint density at radius 3 is 2.95 bits per heavy atom. The molecular formula is C13H19N5O. The van der Waals surface area contributed by atoms with Crippen LogP contribution in [0.5, 0.6) is 5.88 Å². The van der Waals surface area contributed by atoms with Gasteiger partial charge in [-0.2, -0.15) is 4.98 Å². The summed E-state index contributed by atoms with van der Waals surface area (Å²) < 4.78 is 7.18. The molecule has 1 aliphatic carbocycles. The van der Waals surface area contributed by atoms with Crippen LogP contribution >= 0.6 is 0 Å². The van der Waals surface area contributed by atoms with E-state index in [1.807, 2.05) is 17.4 Å². The van der Waals surface area contributed by atoms with Gasteiger partial charge in [-0.3, -0.25) is 4.40 Å². The van der Waals surface area contributed by atoms with Crippen molar-refractivity contribution in [3.05, 3.63) is 17.6 Å². The van der Waals surface area contributed by atoms with E-state index < -0.39 is 0 Å². The van der Waals surface area contributed by atoms with Gasteiger partial charge in [-0.15, -0.1) is 10.2 Å². The molecule has 19 heavy (non-hydrogen) atoms. The first kappa shape index (κ1) is 12.3. The summed E-state index contributed by atoms with van der Waals surface area (Å²) >= 11 is 0. The lowest BCUT2D eigenvalue weighted by molar-refractivity contribution is 0.379. The molecule has 0 spiro atoms. The van der Waals surface area contributed by atoms with Crippen molar-refractivity contribution in [3.8, 4) is 5.88 Å². The third-order valence-electron chi connectivity index (χ3n) is 3.86. The number of hydrogen-bond acceptors (Lipinski definition) is 5. The zero-order valence-electron chi connectivity index (χ0n) is 11.3. The highest BCUT2D eigenvalue weighted by molar-refractivity contribution is 5.35. The van der Waals surface area contributed by atoms with Crippen molar-refractivity contribution in [1.29, 1.82) is 0 Å². The molecule has 2 N–H and O–H groups in total. The Morgan fingerprint density at radius 2 is 2.21 bits per heavy atom. The number of rotatable bonds is 2. The van der Waals surface area contributed by atoms with Gasteiger partial charge in [0.1, 0.15) is 5.82 Å². The lowest BCUT2D eigenvalue weighted by Crippen LogP contribution is -2.27. The maximum Gasteiger partial charge on any atom is 0.258 e. The maximum atomic E-state index is 6.07. The summed E-state index contributed by atoms with van der Waals surface area (Å²) in [5.41, 5.74) is 7.11. The van der Waals surface area contributed by atoms with Gasteiger partial charge in [-0.25, -0.2) is 0 Å². The predicted molar refractivity (Wildman–Crippen MR) is 71.3 cm³/mol. The topological polar surface area (TPSA) is 78.3 Å². The van der Waals surface area contributed by atoms with Crippen molar-refractivity contribution >= 4 is 5.78 Å². The minimum atomic E-state index is 0.276. The summed E-state index contributed by atoms with van der Waals surface area (Å²) in [7, 11) is 1.61. The number of methoxy groups -OCH3 is 1. The Balaban J connectivity index is 2.05. The van der Waals surface area contributed by atoms with Crippen molar-refractivity contribution in [2.75, 3.05) is 7.11 Å². The lowest BCUT2D eigenvalue weighted by Gasteiger charge is -2.25. The average molecular weight is 261 g/mol. The van der Waals surface area contributed by atoms with Crippen LogP contribution in [0.4, 0.5) is 0 Å². The third-order valence-corrected chi connectivity index (χ3v) is 3.86. The largest absolute Gasteiger partial charge is 0.481 e. The summed E-state index contributed by atoms with van der Waals surface area (Å²) in [5, 5.41) is 8.50. The molecule has 1 fully saturated rings. The van der Waals surface area contributed by atoms with Crippen molar-refractivity contribution in [3.63, 3.8) is 0 Å². The molecule has 6 heteroatoms. The third kappa shape index (κ3) is 2.16. The summed E-state index contributed by atoms with van der Waals surface area (Å²) in [6, 6.07) is 2.18. The second kappa shape index (κ2) is 4.77. The number of hydrogen-bond donors (Lipinski definition) is 1. The van der Waals surface area contributed by atoms with Crippen LogP contribution in [-0.4, -0.2) is 32.7 Å². The molecule has 2 aromatic rings. The van der Waals surface area contributed by atoms with Gasteiger partial charge in [0.2, 0.25) is 5.88 Å². The van der Waals surface area contributed by atoms with Gasteiger partial charge in [-0.05, 0) is 26.2 Å². The SMILES string of the molecule is COc1cc(C)n2c([C@H]3CCC[C@@H](N)C3)nnc2n1. The van der Waals surface area contributed by atoms with Crippen molar-refractivity contribution < 1.29 is 4.74 Å². The molecule has 102 valence electrons. The standard InChI is InChI=1S/C13H19N5O/c1-8-6-11(19-2)15-13-17-16-12(18(8)13)9-4-3-5-10(14)7-9/h6,9-10H,3-5,7,14H2,1-2H3/t9-,10+/m0/s1. The summed E-state index contributed by atoms with van der Waals surface area (Å²) in [6.45, 7) is 2.02.